The highest BCUT2D eigenvalue weighted by Gasteiger charge is 2.15. The Balaban J connectivity index is 2.63. The van der Waals surface area contributed by atoms with Gasteiger partial charge in [-0.05, 0) is 45.6 Å². The van der Waals surface area contributed by atoms with Crippen molar-refractivity contribution in [2.75, 3.05) is 7.11 Å². The van der Waals surface area contributed by atoms with Gasteiger partial charge in [0.2, 0.25) is 0 Å². The SMILES string of the molecule is C=CCC(N=[N+]=[N-])c1cc2cc(Br)c(OC)cc2nc1Cl. The fourth-order valence-corrected chi connectivity index (χ4v) is 2.81. The summed E-state index contributed by atoms with van der Waals surface area (Å²) >= 11 is 9.66. The van der Waals surface area contributed by atoms with Gasteiger partial charge in [0.25, 0.3) is 0 Å². The molecule has 0 radical (unpaired) electrons. The summed E-state index contributed by atoms with van der Waals surface area (Å²) < 4.78 is 6.05. The molecule has 2 rings (SSSR count). The van der Waals surface area contributed by atoms with Gasteiger partial charge in [0.05, 0.1) is 23.1 Å². The van der Waals surface area contributed by atoms with Crippen LogP contribution in [0.1, 0.15) is 18.0 Å². The lowest BCUT2D eigenvalue weighted by atomic mass is 10.0. The largest absolute Gasteiger partial charge is 0.495 e. The first-order valence-corrected chi connectivity index (χ1v) is 7.26. The summed E-state index contributed by atoms with van der Waals surface area (Å²) in [4.78, 5) is 7.22. The smallest absolute Gasteiger partial charge is 0.135 e. The molecule has 1 heterocycles. The van der Waals surface area contributed by atoms with Gasteiger partial charge in [-0.2, -0.15) is 0 Å². The lowest BCUT2D eigenvalue weighted by Crippen LogP contribution is -1.97. The number of benzene rings is 1. The van der Waals surface area contributed by atoms with E-state index in [-0.39, 0.29) is 0 Å². The van der Waals surface area contributed by atoms with Crippen LogP contribution in [0, 0.1) is 0 Å². The van der Waals surface area contributed by atoms with Crippen LogP contribution in [0.15, 0.2) is 40.4 Å². The van der Waals surface area contributed by atoms with Crippen molar-refractivity contribution >= 4 is 38.4 Å². The number of azide groups is 1. The Labute approximate surface area is 135 Å². The normalized spacial score (nSPS) is 11.8. The molecule has 0 bridgehead atoms. The van der Waals surface area contributed by atoms with Crippen LogP contribution in [0.3, 0.4) is 0 Å². The maximum absolute atomic E-state index is 8.68. The molecule has 0 fully saturated rings. The average Bonchev–Trinajstić information content (AvgIpc) is 2.46. The van der Waals surface area contributed by atoms with Crippen molar-refractivity contribution in [1.29, 1.82) is 0 Å². The summed E-state index contributed by atoms with van der Waals surface area (Å²) in [5.41, 5.74) is 10.1. The number of ether oxygens (including phenoxy) is 1. The minimum atomic E-state index is -0.419. The van der Waals surface area contributed by atoms with E-state index in [0.29, 0.717) is 28.4 Å². The molecule has 0 saturated carbocycles. The maximum Gasteiger partial charge on any atom is 0.135 e. The second-order valence-corrected chi connectivity index (χ2v) is 5.51. The quantitative estimate of drug-likeness (QED) is 0.227. The molecule has 108 valence electrons. The molecular weight excluding hydrogens is 356 g/mol. The summed E-state index contributed by atoms with van der Waals surface area (Å²) in [5, 5.41) is 4.95. The van der Waals surface area contributed by atoms with E-state index in [4.69, 9.17) is 21.9 Å². The van der Waals surface area contributed by atoms with Crippen molar-refractivity contribution in [3.8, 4) is 5.75 Å². The van der Waals surface area contributed by atoms with Crippen molar-refractivity contribution in [1.82, 2.24) is 4.98 Å². The Morgan fingerprint density at radius 2 is 2.33 bits per heavy atom. The van der Waals surface area contributed by atoms with Crippen molar-refractivity contribution < 1.29 is 4.74 Å². The number of nitrogens with zero attached hydrogens (tertiary/aromatic N) is 4. The average molecular weight is 368 g/mol. The Hall–Kier alpha value is -1.75. The Morgan fingerprint density at radius 3 is 2.95 bits per heavy atom. The first-order valence-electron chi connectivity index (χ1n) is 6.09. The minimum Gasteiger partial charge on any atom is -0.495 e. The molecule has 0 saturated heterocycles. The van der Waals surface area contributed by atoms with Gasteiger partial charge in [-0.3, -0.25) is 0 Å². The Kier molecular flexibility index (Phi) is 5.07. The molecule has 1 atom stereocenters. The third-order valence-electron chi connectivity index (χ3n) is 3.01. The van der Waals surface area contributed by atoms with Gasteiger partial charge in [-0.25, -0.2) is 4.98 Å². The van der Waals surface area contributed by atoms with E-state index < -0.39 is 6.04 Å². The molecule has 2 aromatic rings. The van der Waals surface area contributed by atoms with Crippen LogP contribution in [0.2, 0.25) is 5.15 Å². The van der Waals surface area contributed by atoms with E-state index in [1.54, 1.807) is 19.3 Å². The third kappa shape index (κ3) is 3.29. The summed E-state index contributed by atoms with van der Waals surface area (Å²) in [6.45, 7) is 3.67. The molecule has 0 amide bonds. The lowest BCUT2D eigenvalue weighted by Gasteiger charge is -2.13. The van der Waals surface area contributed by atoms with Crippen LogP contribution in [-0.2, 0) is 0 Å². The van der Waals surface area contributed by atoms with Gasteiger partial charge in [0.15, 0.2) is 0 Å². The number of fused-ring (bicyclic) bond motifs is 1. The van der Waals surface area contributed by atoms with E-state index in [1.165, 1.54) is 0 Å². The van der Waals surface area contributed by atoms with E-state index in [9.17, 15) is 0 Å². The molecule has 21 heavy (non-hydrogen) atoms. The van der Waals surface area contributed by atoms with Crippen LogP contribution in [-0.4, -0.2) is 12.1 Å². The Morgan fingerprint density at radius 1 is 1.57 bits per heavy atom. The van der Waals surface area contributed by atoms with Crippen LogP contribution in [0.25, 0.3) is 21.3 Å². The molecule has 0 N–H and O–H groups in total. The number of aromatic nitrogens is 1. The van der Waals surface area contributed by atoms with Gasteiger partial charge in [0.1, 0.15) is 10.9 Å². The second kappa shape index (κ2) is 6.80. The predicted octanol–water partition coefficient (Wildman–Crippen LogP) is 5.59. The summed E-state index contributed by atoms with van der Waals surface area (Å²) in [6.07, 6.45) is 2.18. The van der Waals surface area contributed by atoms with E-state index in [0.717, 1.165) is 9.86 Å². The number of hydrogen-bond acceptors (Lipinski definition) is 3. The van der Waals surface area contributed by atoms with Crippen LogP contribution in [0.5, 0.6) is 5.75 Å². The highest BCUT2D eigenvalue weighted by atomic mass is 79.9. The van der Waals surface area contributed by atoms with Crippen LogP contribution in [0.4, 0.5) is 0 Å². The zero-order valence-electron chi connectivity index (χ0n) is 11.3. The third-order valence-corrected chi connectivity index (χ3v) is 3.93. The molecule has 0 aliphatic rings. The number of rotatable bonds is 5. The molecule has 5 nitrogen and oxygen atoms in total. The van der Waals surface area contributed by atoms with Gasteiger partial charge < -0.3 is 4.74 Å². The molecule has 0 spiro atoms. The zero-order valence-corrected chi connectivity index (χ0v) is 13.6. The summed E-state index contributed by atoms with van der Waals surface area (Å²) in [6, 6.07) is 5.14. The molecule has 1 aromatic carbocycles. The Bertz CT molecular complexity index is 743. The number of pyridine rings is 1. The lowest BCUT2D eigenvalue weighted by molar-refractivity contribution is 0.412. The van der Waals surface area contributed by atoms with Crippen molar-refractivity contribution in [2.45, 2.75) is 12.5 Å². The van der Waals surface area contributed by atoms with Crippen LogP contribution < -0.4 is 4.74 Å². The van der Waals surface area contributed by atoms with E-state index in [2.05, 4.69) is 37.5 Å². The molecule has 0 aliphatic carbocycles. The van der Waals surface area contributed by atoms with Crippen LogP contribution >= 0.6 is 27.5 Å². The fourth-order valence-electron chi connectivity index (χ4n) is 2.01. The fraction of sp³-hybridized carbons (Fsp3) is 0.214. The number of halogens is 2. The molecular formula is C14H12BrClN4O. The van der Waals surface area contributed by atoms with Crippen molar-refractivity contribution in [3.63, 3.8) is 0 Å². The monoisotopic (exact) mass is 366 g/mol. The molecule has 7 heteroatoms. The zero-order chi connectivity index (χ0) is 15.4. The topological polar surface area (TPSA) is 70.9 Å². The van der Waals surface area contributed by atoms with Gasteiger partial charge in [-0.15, -0.1) is 6.58 Å². The standard InChI is InChI=1S/C14H12BrClN4O/c1-3-4-11(19-20-17)9-5-8-6-10(15)13(21-2)7-12(8)18-14(9)16/h3,5-7,11H,1,4H2,2H3. The van der Waals surface area contributed by atoms with Crippen molar-refractivity contribution in [3.05, 3.63) is 56.5 Å². The maximum atomic E-state index is 8.68. The summed E-state index contributed by atoms with van der Waals surface area (Å²) in [5.74, 6) is 0.677. The first kappa shape index (κ1) is 15.6. The van der Waals surface area contributed by atoms with Gasteiger partial charge in [0, 0.05) is 16.4 Å². The highest BCUT2D eigenvalue weighted by Crippen LogP contribution is 2.34. The van der Waals surface area contributed by atoms with Gasteiger partial charge >= 0.3 is 0 Å². The molecule has 0 aliphatic heterocycles. The molecule has 1 unspecified atom stereocenters. The first-order chi connectivity index (χ1) is 10.1. The van der Waals surface area contributed by atoms with E-state index >= 15 is 0 Å². The van der Waals surface area contributed by atoms with E-state index in [1.807, 2.05) is 12.1 Å². The predicted molar refractivity (Wildman–Crippen MR) is 87.7 cm³/mol. The highest BCUT2D eigenvalue weighted by molar-refractivity contribution is 9.10. The minimum absolute atomic E-state index is 0.311. The van der Waals surface area contributed by atoms with Gasteiger partial charge in [-0.1, -0.05) is 22.8 Å². The number of methoxy groups -OCH3 is 1. The second-order valence-electron chi connectivity index (χ2n) is 4.29. The number of hydrogen-bond donors (Lipinski definition) is 0. The summed E-state index contributed by atoms with van der Waals surface area (Å²) in [7, 11) is 1.59. The molecule has 1 aromatic heterocycles. The van der Waals surface area contributed by atoms with Crippen molar-refractivity contribution in [2.24, 2.45) is 5.11 Å².